The number of carbonyl (C=O) groups is 2. The van der Waals surface area contributed by atoms with Crippen LogP contribution in [0.1, 0.15) is 52.5 Å². The highest BCUT2D eigenvalue weighted by Crippen LogP contribution is 2.48. The zero-order valence-corrected chi connectivity index (χ0v) is 22.4. The van der Waals surface area contributed by atoms with Gasteiger partial charge in [-0.15, -0.1) is 0 Å². The van der Waals surface area contributed by atoms with E-state index in [1.54, 1.807) is 28.8 Å². The molecule has 204 valence electrons. The molecule has 0 unspecified atom stereocenters. The SMILES string of the molecule is C[C@@H]1c2ccccc2CCN1C(=O)c1cc(-c2ccccc2)n2nc(-c3ccc([C@@H]4C[C@H]4C(=O)O)cc3F)cc2n1. The van der Waals surface area contributed by atoms with Gasteiger partial charge in [0.25, 0.3) is 5.91 Å². The Morgan fingerprint density at radius 2 is 1.76 bits per heavy atom. The third kappa shape index (κ3) is 4.36. The lowest BCUT2D eigenvalue weighted by Crippen LogP contribution is -2.39. The second-order valence-electron chi connectivity index (χ2n) is 10.8. The molecular formula is C33H27FN4O3. The van der Waals surface area contributed by atoms with Crippen LogP contribution in [0.5, 0.6) is 0 Å². The smallest absolute Gasteiger partial charge is 0.307 e. The van der Waals surface area contributed by atoms with Crippen molar-refractivity contribution < 1.29 is 19.1 Å². The van der Waals surface area contributed by atoms with Crippen LogP contribution in [0.3, 0.4) is 0 Å². The number of benzene rings is 3. The quantitative estimate of drug-likeness (QED) is 0.286. The molecule has 3 heterocycles. The first-order valence-electron chi connectivity index (χ1n) is 13.8. The number of amides is 1. The highest BCUT2D eigenvalue weighted by molar-refractivity contribution is 5.94. The molecule has 1 aliphatic heterocycles. The maximum absolute atomic E-state index is 15.3. The first-order chi connectivity index (χ1) is 19.9. The first kappa shape index (κ1) is 25.1. The highest BCUT2D eigenvalue weighted by atomic mass is 19.1. The van der Waals surface area contributed by atoms with E-state index in [0.717, 1.165) is 17.5 Å². The average molecular weight is 547 g/mol. The summed E-state index contributed by atoms with van der Waals surface area (Å²) in [5, 5.41) is 14.0. The van der Waals surface area contributed by atoms with Gasteiger partial charge in [-0.25, -0.2) is 13.9 Å². The van der Waals surface area contributed by atoms with Gasteiger partial charge in [-0.3, -0.25) is 9.59 Å². The Kier molecular flexibility index (Phi) is 5.92. The van der Waals surface area contributed by atoms with Gasteiger partial charge >= 0.3 is 5.97 Å². The number of carbonyl (C=O) groups excluding carboxylic acids is 1. The largest absolute Gasteiger partial charge is 0.481 e. The molecule has 1 N–H and O–H groups in total. The molecule has 41 heavy (non-hydrogen) atoms. The first-order valence-corrected chi connectivity index (χ1v) is 13.8. The molecule has 3 aromatic carbocycles. The molecule has 2 aromatic heterocycles. The third-order valence-corrected chi connectivity index (χ3v) is 8.38. The van der Waals surface area contributed by atoms with Crippen molar-refractivity contribution in [1.82, 2.24) is 19.5 Å². The minimum Gasteiger partial charge on any atom is -0.481 e. The van der Waals surface area contributed by atoms with Crippen LogP contribution in [-0.2, 0) is 11.2 Å². The number of carboxylic acid groups (broad SMARTS) is 1. The Morgan fingerprint density at radius 1 is 0.976 bits per heavy atom. The lowest BCUT2D eigenvalue weighted by Gasteiger charge is -2.35. The number of halogens is 1. The second-order valence-corrected chi connectivity index (χ2v) is 10.8. The van der Waals surface area contributed by atoms with E-state index in [2.05, 4.69) is 12.1 Å². The Hall–Kier alpha value is -4.85. The molecule has 3 atom stereocenters. The van der Waals surface area contributed by atoms with Crippen molar-refractivity contribution in [1.29, 1.82) is 0 Å². The van der Waals surface area contributed by atoms with E-state index in [-0.39, 0.29) is 17.9 Å². The molecule has 1 saturated carbocycles. The lowest BCUT2D eigenvalue weighted by atomic mass is 9.93. The standard InChI is InChI=1S/C33H27FN4O3/c1-19-23-10-6-5-7-20(23)13-14-37(19)32(39)29-17-30(21-8-3-2-4-9-21)38-31(35-29)18-28(36-38)24-12-11-22(15-27(24)34)25-16-26(25)33(40)41/h2-12,15,17-19,25-26H,13-14,16H2,1H3,(H,40,41)/t19-,25+,26-/m1/s1. The van der Waals surface area contributed by atoms with E-state index in [1.807, 2.05) is 54.3 Å². The Morgan fingerprint density at radius 3 is 2.51 bits per heavy atom. The van der Waals surface area contributed by atoms with Gasteiger partial charge < -0.3 is 10.0 Å². The van der Waals surface area contributed by atoms with Gasteiger partial charge in [-0.1, -0.05) is 60.7 Å². The van der Waals surface area contributed by atoms with E-state index in [1.165, 1.54) is 11.6 Å². The van der Waals surface area contributed by atoms with Gasteiger partial charge in [0, 0.05) is 23.7 Å². The van der Waals surface area contributed by atoms with Crippen LogP contribution in [0.4, 0.5) is 4.39 Å². The highest BCUT2D eigenvalue weighted by Gasteiger charge is 2.44. The minimum atomic E-state index is -0.854. The number of aliphatic carboxylic acids is 1. The molecule has 5 aromatic rings. The van der Waals surface area contributed by atoms with Crippen molar-refractivity contribution in [3.8, 4) is 22.5 Å². The van der Waals surface area contributed by atoms with Crippen molar-refractivity contribution in [2.24, 2.45) is 5.92 Å². The van der Waals surface area contributed by atoms with E-state index in [0.29, 0.717) is 46.8 Å². The summed E-state index contributed by atoms with van der Waals surface area (Å²) in [5.74, 6) is -2.11. The molecule has 0 radical (unpaired) electrons. The van der Waals surface area contributed by atoms with E-state index in [9.17, 15) is 14.7 Å². The lowest BCUT2D eigenvalue weighted by molar-refractivity contribution is -0.138. The molecule has 7 nitrogen and oxygen atoms in total. The van der Waals surface area contributed by atoms with Gasteiger partial charge in [0.05, 0.1) is 23.3 Å². The number of rotatable bonds is 5. The summed E-state index contributed by atoms with van der Waals surface area (Å²) in [6.45, 7) is 2.63. The molecule has 0 saturated heterocycles. The van der Waals surface area contributed by atoms with Crippen LogP contribution in [0.25, 0.3) is 28.2 Å². The van der Waals surface area contributed by atoms with Crippen molar-refractivity contribution in [3.63, 3.8) is 0 Å². The molecule has 1 amide bonds. The van der Waals surface area contributed by atoms with E-state index in [4.69, 9.17) is 10.1 Å². The number of hydrogen-bond acceptors (Lipinski definition) is 4. The number of fused-ring (bicyclic) bond motifs is 2. The molecule has 7 rings (SSSR count). The Bertz CT molecular complexity index is 1830. The van der Waals surface area contributed by atoms with Crippen LogP contribution < -0.4 is 0 Å². The molecular weight excluding hydrogens is 519 g/mol. The number of nitrogens with zero attached hydrogens (tertiary/aromatic N) is 4. The normalized spacial score (nSPS) is 19.7. The number of aromatic nitrogens is 3. The molecule has 0 spiro atoms. The summed E-state index contributed by atoms with van der Waals surface area (Å²) >= 11 is 0. The van der Waals surface area contributed by atoms with Gasteiger partial charge in [0.1, 0.15) is 11.5 Å². The summed E-state index contributed by atoms with van der Waals surface area (Å²) in [6, 6.07) is 26.0. The zero-order valence-electron chi connectivity index (χ0n) is 22.4. The van der Waals surface area contributed by atoms with E-state index < -0.39 is 17.7 Å². The predicted octanol–water partition coefficient (Wildman–Crippen LogP) is 6.15. The fraction of sp³-hybridized carbons (Fsp3) is 0.212. The van der Waals surface area contributed by atoms with Gasteiger partial charge in [-0.2, -0.15) is 5.10 Å². The summed E-state index contributed by atoms with van der Waals surface area (Å²) < 4.78 is 17.0. The maximum Gasteiger partial charge on any atom is 0.307 e. The van der Waals surface area contributed by atoms with Gasteiger partial charge in [0.15, 0.2) is 5.65 Å². The van der Waals surface area contributed by atoms with Gasteiger partial charge in [0.2, 0.25) is 0 Å². The second kappa shape index (κ2) is 9.66. The van der Waals surface area contributed by atoms with Crippen LogP contribution in [-0.4, -0.2) is 43.0 Å². The van der Waals surface area contributed by atoms with Crippen molar-refractivity contribution in [2.45, 2.75) is 31.7 Å². The summed E-state index contributed by atoms with van der Waals surface area (Å²) in [6.07, 6.45) is 1.30. The molecule has 8 heteroatoms. The fourth-order valence-electron chi connectivity index (χ4n) is 6.03. The monoisotopic (exact) mass is 546 g/mol. The van der Waals surface area contributed by atoms with E-state index >= 15 is 4.39 Å². The molecule has 2 aliphatic rings. The number of carboxylic acids is 1. The van der Waals surface area contributed by atoms with Crippen molar-refractivity contribution >= 4 is 17.5 Å². The summed E-state index contributed by atoms with van der Waals surface area (Å²) in [7, 11) is 0. The maximum atomic E-state index is 15.3. The van der Waals surface area contributed by atoms with Crippen LogP contribution in [0.15, 0.2) is 84.9 Å². The van der Waals surface area contributed by atoms with Crippen LogP contribution in [0.2, 0.25) is 0 Å². The molecule has 1 fully saturated rings. The average Bonchev–Trinajstić information content (AvgIpc) is 3.69. The van der Waals surface area contributed by atoms with Gasteiger partial charge in [-0.05, 0) is 60.6 Å². The number of hydrogen-bond donors (Lipinski definition) is 1. The summed E-state index contributed by atoms with van der Waals surface area (Å²) in [5.41, 5.74) is 6.02. The minimum absolute atomic E-state index is 0.0917. The topological polar surface area (TPSA) is 87.8 Å². The molecule has 1 aliphatic carbocycles. The Labute approximate surface area is 235 Å². The Balaban J connectivity index is 1.29. The van der Waals surface area contributed by atoms with Crippen LogP contribution in [0, 0.1) is 11.7 Å². The molecule has 0 bridgehead atoms. The van der Waals surface area contributed by atoms with Crippen LogP contribution >= 0.6 is 0 Å². The fourth-order valence-corrected chi connectivity index (χ4v) is 6.03. The summed E-state index contributed by atoms with van der Waals surface area (Å²) in [4.78, 5) is 31.7. The zero-order chi connectivity index (χ0) is 28.2. The van der Waals surface area contributed by atoms with Crippen molar-refractivity contribution in [3.05, 3.63) is 113 Å². The van der Waals surface area contributed by atoms with Crippen molar-refractivity contribution in [2.75, 3.05) is 6.54 Å². The predicted molar refractivity (Wildman–Crippen MR) is 152 cm³/mol. The third-order valence-electron chi connectivity index (χ3n) is 8.38.